The summed E-state index contributed by atoms with van der Waals surface area (Å²) < 4.78 is 2.03. The third kappa shape index (κ3) is 2.18. The van der Waals surface area contributed by atoms with Crippen LogP contribution >= 0.6 is 0 Å². The molecule has 1 N–H and O–H groups in total. The highest BCUT2D eigenvalue weighted by Crippen LogP contribution is 2.16. The number of hydrogen-bond acceptors (Lipinski definition) is 0. The van der Waals surface area contributed by atoms with Gasteiger partial charge >= 0.3 is 0 Å². The van der Waals surface area contributed by atoms with Crippen LogP contribution in [0.1, 0.15) is 11.1 Å². The van der Waals surface area contributed by atoms with Gasteiger partial charge in [0.25, 0.3) is 0 Å². The van der Waals surface area contributed by atoms with Gasteiger partial charge in [0.15, 0.2) is 12.4 Å². The Bertz CT molecular complexity index is 690. The van der Waals surface area contributed by atoms with Crippen LogP contribution in [-0.2, 0) is 7.05 Å². The Morgan fingerprint density at radius 2 is 1.72 bits per heavy atom. The Balaban J connectivity index is 1.88. The molecule has 18 heavy (non-hydrogen) atoms. The molecule has 0 bridgehead atoms. The van der Waals surface area contributed by atoms with Gasteiger partial charge in [-0.05, 0) is 34.7 Å². The summed E-state index contributed by atoms with van der Waals surface area (Å²) in [7, 11) is 2.02. The van der Waals surface area contributed by atoms with E-state index < -0.39 is 0 Å². The van der Waals surface area contributed by atoms with E-state index in [9.17, 15) is 0 Å². The SMILES string of the molecule is C[n+]1ccc(C=Cc2ccc3[nH]ccc3c2)cc1. The van der Waals surface area contributed by atoms with E-state index in [1.165, 1.54) is 22.0 Å². The molecule has 0 atom stereocenters. The van der Waals surface area contributed by atoms with Crippen LogP contribution in [0, 0.1) is 0 Å². The zero-order valence-corrected chi connectivity index (χ0v) is 10.3. The molecule has 0 saturated carbocycles. The number of hydrogen-bond donors (Lipinski definition) is 1. The van der Waals surface area contributed by atoms with Crippen molar-refractivity contribution in [2.24, 2.45) is 7.05 Å². The van der Waals surface area contributed by atoms with E-state index in [1.807, 2.05) is 17.8 Å². The number of aromatic amines is 1. The number of H-pyrrole nitrogens is 1. The van der Waals surface area contributed by atoms with Gasteiger partial charge in [-0.25, -0.2) is 4.57 Å². The van der Waals surface area contributed by atoms with Gasteiger partial charge in [0, 0.05) is 23.8 Å². The molecule has 0 spiro atoms. The molecule has 3 aromatic rings. The Morgan fingerprint density at radius 1 is 0.944 bits per heavy atom. The quantitative estimate of drug-likeness (QED) is 0.658. The van der Waals surface area contributed by atoms with Crippen LogP contribution in [0.5, 0.6) is 0 Å². The zero-order chi connectivity index (χ0) is 12.4. The molecule has 0 radical (unpaired) electrons. The number of fused-ring (bicyclic) bond motifs is 1. The number of benzene rings is 1. The van der Waals surface area contributed by atoms with Crippen molar-refractivity contribution in [2.45, 2.75) is 0 Å². The smallest absolute Gasteiger partial charge is 0.169 e. The maximum Gasteiger partial charge on any atom is 0.169 e. The lowest BCUT2D eigenvalue weighted by atomic mass is 10.1. The number of aryl methyl sites for hydroxylation is 1. The Morgan fingerprint density at radius 3 is 2.56 bits per heavy atom. The Hall–Kier alpha value is -2.35. The van der Waals surface area contributed by atoms with E-state index >= 15 is 0 Å². The molecule has 0 aliphatic heterocycles. The average molecular weight is 235 g/mol. The Labute approximate surface area is 106 Å². The van der Waals surface area contributed by atoms with Gasteiger partial charge in [-0.1, -0.05) is 18.2 Å². The molecule has 0 aliphatic rings. The molecule has 2 aromatic heterocycles. The van der Waals surface area contributed by atoms with Crippen molar-refractivity contribution < 1.29 is 4.57 Å². The number of aromatic nitrogens is 2. The molecule has 0 aliphatic carbocycles. The lowest BCUT2D eigenvalue weighted by molar-refractivity contribution is -0.671. The highest BCUT2D eigenvalue weighted by atomic mass is 14.9. The fourth-order valence-electron chi connectivity index (χ4n) is 1.99. The molecule has 0 amide bonds. The number of nitrogens with one attached hydrogen (secondary N) is 1. The van der Waals surface area contributed by atoms with Crippen LogP contribution in [0.25, 0.3) is 23.1 Å². The Kier molecular flexibility index (Phi) is 2.69. The monoisotopic (exact) mass is 235 g/mol. The van der Waals surface area contributed by atoms with Crippen LogP contribution in [-0.4, -0.2) is 4.98 Å². The number of pyridine rings is 1. The molecule has 0 saturated heterocycles. The molecule has 2 heterocycles. The summed E-state index contributed by atoms with van der Waals surface area (Å²) in [6, 6.07) is 12.7. The minimum atomic E-state index is 1.18. The molecule has 88 valence electrons. The van der Waals surface area contributed by atoms with E-state index in [2.05, 4.69) is 65.9 Å². The second-order valence-corrected chi connectivity index (χ2v) is 4.45. The standard InChI is InChI=1S/C16H14N2/c1-18-10-7-13(8-11-18)2-3-14-4-5-16-15(12-14)6-9-17-16/h2-12H,1H3/p+1. The van der Waals surface area contributed by atoms with Crippen LogP contribution in [0.15, 0.2) is 55.0 Å². The van der Waals surface area contributed by atoms with Gasteiger partial charge in [0.05, 0.1) is 0 Å². The molecular weight excluding hydrogens is 220 g/mol. The third-order valence-corrected chi connectivity index (χ3v) is 3.05. The van der Waals surface area contributed by atoms with E-state index in [4.69, 9.17) is 0 Å². The fraction of sp³-hybridized carbons (Fsp3) is 0.0625. The predicted molar refractivity (Wildman–Crippen MR) is 74.8 cm³/mol. The first-order valence-corrected chi connectivity index (χ1v) is 6.02. The summed E-state index contributed by atoms with van der Waals surface area (Å²) in [6.07, 6.45) is 10.3. The second-order valence-electron chi connectivity index (χ2n) is 4.45. The van der Waals surface area contributed by atoms with E-state index in [1.54, 1.807) is 0 Å². The highest BCUT2D eigenvalue weighted by molar-refractivity contribution is 5.83. The molecule has 0 unspecified atom stereocenters. The minimum absolute atomic E-state index is 1.18. The van der Waals surface area contributed by atoms with Crippen molar-refractivity contribution in [3.8, 4) is 0 Å². The van der Waals surface area contributed by atoms with Crippen molar-refractivity contribution in [3.05, 3.63) is 66.1 Å². The molecule has 1 aromatic carbocycles. The zero-order valence-electron chi connectivity index (χ0n) is 10.3. The largest absolute Gasteiger partial charge is 0.361 e. The molecular formula is C16H15N2+. The molecule has 3 rings (SSSR count). The van der Waals surface area contributed by atoms with E-state index in [-0.39, 0.29) is 0 Å². The highest BCUT2D eigenvalue weighted by Gasteiger charge is 1.95. The first-order chi connectivity index (χ1) is 8.81. The van der Waals surface area contributed by atoms with Crippen molar-refractivity contribution in [1.29, 1.82) is 0 Å². The maximum atomic E-state index is 3.20. The number of rotatable bonds is 2. The summed E-state index contributed by atoms with van der Waals surface area (Å²) >= 11 is 0. The average Bonchev–Trinajstić information content (AvgIpc) is 2.85. The van der Waals surface area contributed by atoms with Crippen molar-refractivity contribution in [2.75, 3.05) is 0 Å². The summed E-state index contributed by atoms with van der Waals surface area (Å²) in [4.78, 5) is 3.20. The van der Waals surface area contributed by atoms with Gasteiger partial charge in [-0.15, -0.1) is 0 Å². The van der Waals surface area contributed by atoms with Crippen LogP contribution in [0.2, 0.25) is 0 Å². The summed E-state index contributed by atoms with van der Waals surface area (Å²) in [5.41, 5.74) is 3.61. The van der Waals surface area contributed by atoms with Gasteiger partial charge in [0.2, 0.25) is 0 Å². The maximum absolute atomic E-state index is 3.20. The minimum Gasteiger partial charge on any atom is -0.361 e. The van der Waals surface area contributed by atoms with Crippen molar-refractivity contribution >= 4 is 23.1 Å². The summed E-state index contributed by atoms with van der Waals surface area (Å²) in [6.45, 7) is 0. The van der Waals surface area contributed by atoms with Crippen LogP contribution in [0.3, 0.4) is 0 Å². The van der Waals surface area contributed by atoms with Gasteiger partial charge in [-0.3, -0.25) is 0 Å². The first kappa shape index (κ1) is 10.8. The summed E-state index contributed by atoms with van der Waals surface area (Å²) in [5.74, 6) is 0. The molecule has 0 fully saturated rings. The van der Waals surface area contributed by atoms with Crippen LogP contribution < -0.4 is 4.57 Å². The van der Waals surface area contributed by atoms with E-state index in [0.29, 0.717) is 0 Å². The lowest BCUT2D eigenvalue weighted by Gasteiger charge is -1.95. The second kappa shape index (κ2) is 4.49. The third-order valence-electron chi connectivity index (χ3n) is 3.05. The molecule has 2 nitrogen and oxygen atoms in total. The van der Waals surface area contributed by atoms with Gasteiger partial charge in [0.1, 0.15) is 7.05 Å². The van der Waals surface area contributed by atoms with E-state index in [0.717, 1.165) is 0 Å². The topological polar surface area (TPSA) is 19.7 Å². The molecule has 2 heteroatoms. The predicted octanol–water partition coefficient (Wildman–Crippen LogP) is 3.16. The number of nitrogens with zero attached hydrogens (tertiary/aromatic N) is 1. The van der Waals surface area contributed by atoms with Crippen LogP contribution in [0.4, 0.5) is 0 Å². The fourth-order valence-corrected chi connectivity index (χ4v) is 1.99. The summed E-state index contributed by atoms with van der Waals surface area (Å²) in [5, 5.41) is 1.25. The van der Waals surface area contributed by atoms with Gasteiger partial charge < -0.3 is 4.98 Å². The lowest BCUT2D eigenvalue weighted by Crippen LogP contribution is -2.25. The first-order valence-electron chi connectivity index (χ1n) is 6.02. The van der Waals surface area contributed by atoms with Crippen molar-refractivity contribution in [1.82, 2.24) is 4.98 Å². The van der Waals surface area contributed by atoms with Gasteiger partial charge in [-0.2, -0.15) is 0 Å². The van der Waals surface area contributed by atoms with Crippen molar-refractivity contribution in [3.63, 3.8) is 0 Å². The normalized spacial score (nSPS) is 11.4.